The van der Waals surface area contributed by atoms with Gasteiger partial charge >= 0.3 is 0 Å². The maximum absolute atomic E-state index is 12.2. The van der Waals surface area contributed by atoms with Gasteiger partial charge in [0, 0.05) is 25.8 Å². The molecule has 0 saturated heterocycles. The highest BCUT2D eigenvalue weighted by atomic mass is 16.3. The molecule has 24 heavy (non-hydrogen) atoms. The first-order chi connectivity index (χ1) is 11.5. The summed E-state index contributed by atoms with van der Waals surface area (Å²) in [6.07, 6.45) is 0. The van der Waals surface area contributed by atoms with Crippen molar-refractivity contribution < 1.29 is 9.90 Å². The minimum Gasteiger partial charge on any atom is -0.394 e. The van der Waals surface area contributed by atoms with Crippen molar-refractivity contribution in [2.45, 2.75) is 13.0 Å². The van der Waals surface area contributed by atoms with Gasteiger partial charge in [-0.1, -0.05) is 12.1 Å². The molecule has 2 aromatic carbocycles. The second kappa shape index (κ2) is 8.21. The average Bonchev–Trinajstić information content (AvgIpc) is 2.60. The van der Waals surface area contributed by atoms with E-state index in [4.69, 9.17) is 5.11 Å². The number of nitrogens with one attached hydrogen (secondary N) is 1. The predicted octanol–water partition coefficient (Wildman–Crippen LogP) is 3.28. The highest BCUT2D eigenvalue weighted by Crippen LogP contribution is 2.24. The Kier molecular flexibility index (Phi) is 6.03. The second-order valence-electron chi connectivity index (χ2n) is 5.69. The van der Waals surface area contributed by atoms with E-state index in [1.165, 1.54) is 0 Å². The Morgan fingerprint density at radius 2 is 1.79 bits per heavy atom. The summed E-state index contributed by atoms with van der Waals surface area (Å²) in [5.74, 6) is -0.283. The quantitative estimate of drug-likeness (QED) is 0.800. The molecule has 0 saturated carbocycles. The summed E-state index contributed by atoms with van der Waals surface area (Å²) in [7, 11) is 3.94. The van der Waals surface area contributed by atoms with E-state index in [1.54, 1.807) is 31.2 Å². The van der Waals surface area contributed by atoms with Crippen LogP contribution in [0.5, 0.6) is 0 Å². The van der Waals surface area contributed by atoms with Crippen LogP contribution in [0.2, 0.25) is 0 Å². The van der Waals surface area contributed by atoms with Crippen LogP contribution in [-0.2, 0) is 0 Å². The van der Waals surface area contributed by atoms with E-state index in [-0.39, 0.29) is 18.6 Å². The lowest BCUT2D eigenvalue weighted by Gasteiger charge is -2.12. The van der Waals surface area contributed by atoms with Gasteiger partial charge in [0.05, 0.1) is 23.5 Å². The van der Waals surface area contributed by atoms with Gasteiger partial charge in [-0.15, -0.1) is 5.11 Å². The van der Waals surface area contributed by atoms with Gasteiger partial charge in [0.1, 0.15) is 0 Å². The smallest absolute Gasteiger partial charge is 0.253 e. The Hall–Kier alpha value is -2.73. The average molecular weight is 326 g/mol. The number of anilines is 1. The number of nitrogens with zero attached hydrogens (tertiary/aromatic N) is 3. The zero-order valence-corrected chi connectivity index (χ0v) is 14.1. The van der Waals surface area contributed by atoms with Crippen molar-refractivity contribution in [1.82, 2.24) is 5.32 Å². The molecule has 0 aliphatic rings. The van der Waals surface area contributed by atoms with E-state index in [9.17, 15) is 4.79 Å². The number of hydrogen-bond donors (Lipinski definition) is 2. The molecule has 6 heteroatoms. The Bertz CT molecular complexity index is 711. The van der Waals surface area contributed by atoms with Crippen LogP contribution in [-0.4, -0.2) is 37.8 Å². The van der Waals surface area contributed by atoms with Crippen LogP contribution in [0.4, 0.5) is 17.1 Å². The first kappa shape index (κ1) is 17.6. The largest absolute Gasteiger partial charge is 0.394 e. The minimum atomic E-state index is -0.318. The SMILES string of the molecule is CC(CO)NC(=O)c1ccccc1N=Nc1ccc(N(C)C)cc1. The molecule has 2 rings (SSSR count). The second-order valence-corrected chi connectivity index (χ2v) is 5.69. The van der Waals surface area contributed by atoms with E-state index in [0.717, 1.165) is 5.69 Å². The Morgan fingerprint density at radius 1 is 1.12 bits per heavy atom. The zero-order chi connectivity index (χ0) is 17.5. The van der Waals surface area contributed by atoms with Crippen LogP contribution in [0.1, 0.15) is 17.3 Å². The van der Waals surface area contributed by atoms with E-state index < -0.39 is 0 Å². The molecule has 0 aliphatic heterocycles. The van der Waals surface area contributed by atoms with Gasteiger partial charge in [0.25, 0.3) is 5.91 Å². The third-order valence-corrected chi connectivity index (χ3v) is 3.44. The number of hydrogen-bond acceptors (Lipinski definition) is 5. The van der Waals surface area contributed by atoms with Gasteiger partial charge in [-0.2, -0.15) is 5.11 Å². The molecule has 0 spiro atoms. The normalized spacial score (nSPS) is 12.2. The van der Waals surface area contributed by atoms with Crippen molar-refractivity contribution >= 4 is 23.0 Å². The summed E-state index contributed by atoms with van der Waals surface area (Å²) in [5.41, 5.74) is 2.69. The third-order valence-electron chi connectivity index (χ3n) is 3.44. The first-order valence-electron chi connectivity index (χ1n) is 7.71. The summed E-state index contributed by atoms with van der Waals surface area (Å²) in [6, 6.07) is 14.3. The molecular weight excluding hydrogens is 304 g/mol. The molecular formula is C18H22N4O2. The molecule has 0 bridgehead atoms. The van der Waals surface area contributed by atoms with E-state index in [0.29, 0.717) is 16.9 Å². The number of rotatable bonds is 6. The lowest BCUT2D eigenvalue weighted by molar-refractivity contribution is 0.0923. The standard InChI is InChI=1S/C18H22N4O2/c1-13(12-23)19-18(24)16-6-4-5-7-17(16)21-20-14-8-10-15(11-9-14)22(2)3/h4-11,13,23H,12H2,1-3H3,(H,19,24). The highest BCUT2D eigenvalue weighted by Gasteiger charge is 2.12. The number of aliphatic hydroxyl groups is 1. The van der Waals surface area contributed by atoms with Crippen LogP contribution >= 0.6 is 0 Å². The highest BCUT2D eigenvalue weighted by molar-refractivity contribution is 5.99. The molecule has 1 amide bonds. The third kappa shape index (κ3) is 4.63. The number of carbonyl (C=O) groups excluding carboxylic acids is 1. The molecule has 0 aliphatic carbocycles. The number of amides is 1. The molecule has 1 atom stereocenters. The van der Waals surface area contributed by atoms with Crippen LogP contribution in [0.3, 0.4) is 0 Å². The number of aliphatic hydroxyl groups excluding tert-OH is 1. The summed E-state index contributed by atoms with van der Waals surface area (Å²) in [4.78, 5) is 14.2. The van der Waals surface area contributed by atoms with Gasteiger partial charge in [-0.05, 0) is 43.3 Å². The fraction of sp³-hybridized carbons (Fsp3) is 0.278. The van der Waals surface area contributed by atoms with Crippen molar-refractivity contribution in [2.24, 2.45) is 10.2 Å². The molecule has 126 valence electrons. The Morgan fingerprint density at radius 3 is 2.42 bits per heavy atom. The molecule has 2 aromatic rings. The van der Waals surface area contributed by atoms with Crippen LogP contribution in [0, 0.1) is 0 Å². The molecule has 0 heterocycles. The lowest BCUT2D eigenvalue weighted by Crippen LogP contribution is -2.34. The number of carbonyl (C=O) groups is 1. The zero-order valence-electron chi connectivity index (χ0n) is 14.1. The van der Waals surface area contributed by atoms with E-state index >= 15 is 0 Å². The predicted molar refractivity (Wildman–Crippen MR) is 95.4 cm³/mol. The summed E-state index contributed by atoms with van der Waals surface area (Å²) in [5, 5.41) is 20.2. The molecule has 6 nitrogen and oxygen atoms in total. The lowest BCUT2D eigenvalue weighted by atomic mass is 10.1. The van der Waals surface area contributed by atoms with Gasteiger partial charge in [0.15, 0.2) is 0 Å². The maximum atomic E-state index is 12.2. The van der Waals surface area contributed by atoms with Crippen LogP contribution in [0.25, 0.3) is 0 Å². The van der Waals surface area contributed by atoms with Crippen molar-refractivity contribution in [2.75, 3.05) is 25.6 Å². The molecule has 1 unspecified atom stereocenters. The summed E-state index contributed by atoms with van der Waals surface area (Å²) < 4.78 is 0. The monoisotopic (exact) mass is 326 g/mol. The van der Waals surface area contributed by atoms with Crippen molar-refractivity contribution in [3.05, 3.63) is 54.1 Å². The Labute approximate surface area is 141 Å². The molecule has 2 N–H and O–H groups in total. The minimum absolute atomic E-state index is 0.117. The summed E-state index contributed by atoms with van der Waals surface area (Å²) in [6.45, 7) is 1.61. The van der Waals surface area contributed by atoms with Crippen molar-refractivity contribution in [1.29, 1.82) is 0 Å². The molecule has 0 radical (unpaired) electrons. The van der Waals surface area contributed by atoms with Gasteiger partial charge < -0.3 is 15.3 Å². The van der Waals surface area contributed by atoms with Crippen LogP contribution < -0.4 is 10.2 Å². The van der Waals surface area contributed by atoms with Crippen molar-refractivity contribution in [3.8, 4) is 0 Å². The number of azo groups is 1. The molecule has 0 fully saturated rings. The fourth-order valence-corrected chi connectivity index (χ4v) is 2.03. The van der Waals surface area contributed by atoms with Crippen molar-refractivity contribution in [3.63, 3.8) is 0 Å². The van der Waals surface area contributed by atoms with Crippen LogP contribution in [0.15, 0.2) is 58.8 Å². The Balaban J connectivity index is 2.19. The van der Waals surface area contributed by atoms with E-state index in [1.807, 2.05) is 43.3 Å². The maximum Gasteiger partial charge on any atom is 0.253 e. The molecule has 0 aromatic heterocycles. The van der Waals surface area contributed by atoms with Gasteiger partial charge in [-0.3, -0.25) is 4.79 Å². The van der Waals surface area contributed by atoms with Gasteiger partial charge in [0.2, 0.25) is 0 Å². The summed E-state index contributed by atoms with van der Waals surface area (Å²) >= 11 is 0. The number of benzene rings is 2. The fourth-order valence-electron chi connectivity index (χ4n) is 2.03. The van der Waals surface area contributed by atoms with E-state index in [2.05, 4.69) is 15.5 Å². The van der Waals surface area contributed by atoms with Gasteiger partial charge in [-0.25, -0.2) is 0 Å². The topological polar surface area (TPSA) is 77.3 Å². The first-order valence-corrected chi connectivity index (χ1v) is 7.71.